The lowest BCUT2D eigenvalue weighted by atomic mass is 10.3. The van der Waals surface area contributed by atoms with Crippen LogP contribution in [-0.2, 0) is 4.79 Å². The number of anilines is 1. The van der Waals surface area contributed by atoms with Gasteiger partial charge in [0.2, 0.25) is 16.0 Å². The molecule has 0 atom stereocenters. The highest BCUT2D eigenvalue weighted by Crippen LogP contribution is 2.17. The Bertz CT molecular complexity index is 446. The molecule has 1 fully saturated rings. The van der Waals surface area contributed by atoms with E-state index in [-0.39, 0.29) is 18.4 Å². The van der Waals surface area contributed by atoms with Crippen LogP contribution in [0.25, 0.3) is 0 Å². The fourth-order valence-electron chi connectivity index (χ4n) is 1.48. The number of carbonyl (C=O) groups excluding carboxylic acids is 2. The molecule has 1 aliphatic heterocycles. The predicted octanol–water partition coefficient (Wildman–Crippen LogP) is -0.506. The predicted molar refractivity (Wildman–Crippen MR) is 63.0 cm³/mol. The highest BCUT2D eigenvalue weighted by Gasteiger charge is 2.27. The van der Waals surface area contributed by atoms with E-state index in [1.807, 2.05) is 0 Å². The van der Waals surface area contributed by atoms with Crippen molar-refractivity contribution >= 4 is 28.3 Å². The lowest BCUT2D eigenvalue weighted by molar-refractivity contribution is -0.133. The highest BCUT2D eigenvalue weighted by molar-refractivity contribution is 7.17. The van der Waals surface area contributed by atoms with Gasteiger partial charge in [-0.25, -0.2) is 0 Å². The number of rotatable bonds is 2. The van der Waals surface area contributed by atoms with E-state index in [0.29, 0.717) is 23.2 Å². The van der Waals surface area contributed by atoms with Gasteiger partial charge in [-0.15, -0.1) is 10.2 Å². The lowest BCUT2D eigenvalue weighted by Crippen LogP contribution is -2.50. The average Bonchev–Trinajstić information content (AvgIpc) is 2.80. The van der Waals surface area contributed by atoms with Crippen molar-refractivity contribution in [2.75, 3.05) is 39.0 Å². The minimum absolute atomic E-state index is 0.0528. The maximum absolute atomic E-state index is 12.0. The zero-order chi connectivity index (χ0) is 12.4. The van der Waals surface area contributed by atoms with E-state index in [1.54, 1.807) is 19.0 Å². The summed E-state index contributed by atoms with van der Waals surface area (Å²) in [6, 6.07) is 0. The molecule has 1 N–H and O–H groups in total. The van der Waals surface area contributed by atoms with Crippen LogP contribution in [-0.4, -0.2) is 65.5 Å². The maximum Gasteiger partial charge on any atom is 0.285 e. The second-order valence-corrected chi connectivity index (χ2v) is 4.68. The Kier molecular flexibility index (Phi) is 3.23. The van der Waals surface area contributed by atoms with Crippen LogP contribution in [0, 0.1) is 0 Å². The molecule has 0 saturated carbocycles. The molecule has 1 aliphatic rings. The average molecular weight is 255 g/mol. The molecule has 2 heterocycles. The molecule has 2 rings (SSSR count). The van der Waals surface area contributed by atoms with Crippen LogP contribution in [0.5, 0.6) is 0 Å². The maximum atomic E-state index is 12.0. The summed E-state index contributed by atoms with van der Waals surface area (Å²) in [6.07, 6.45) is 0. The van der Waals surface area contributed by atoms with E-state index in [0.717, 1.165) is 0 Å². The molecule has 0 aliphatic carbocycles. The van der Waals surface area contributed by atoms with E-state index in [1.165, 1.54) is 16.2 Å². The molecule has 92 valence electrons. The van der Waals surface area contributed by atoms with Crippen LogP contribution in [0.4, 0.5) is 5.13 Å². The Hall–Kier alpha value is -1.70. The number of carbonyl (C=O) groups is 2. The van der Waals surface area contributed by atoms with Gasteiger partial charge < -0.3 is 15.1 Å². The molecular formula is C9H13N5O2S. The third-order valence-corrected chi connectivity index (χ3v) is 3.49. The van der Waals surface area contributed by atoms with Gasteiger partial charge in [0, 0.05) is 27.2 Å². The van der Waals surface area contributed by atoms with Gasteiger partial charge in [0.25, 0.3) is 5.91 Å². The third-order valence-electron chi connectivity index (χ3n) is 2.57. The van der Waals surface area contributed by atoms with E-state index in [2.05, 4.69) is 15.5 Å². The number of hydrogen-bond donors (Lipinski definition) is 1. The highest BCUT2D eigenvalue weighted by atomic mass is 32.1. The number of amides is 2. The van der Waals surface area contributed by atoms with Crippen molar-refractivity contribution < 1.29 is 9.59 Å². The lowest BCUT2D eigenvalue weighted by Gasteiger charge is -2.31. The number of likely N-dealkylation sites (N-methyl/N-ethyl adjacent to an activating group) is 1. The van der Waals surface area contributed by atoms with E-state index >= 15 is 0 Å². The summed E-state index contributed by atoms with van der Waals surface area (Å²) < 4.78 is 0. The van der Waals surface area contributed by atoms with Crippen molar-refractivity contribution in [2.24, 2.45) is 0 Å². The zero-order valence-electron chi connectivity index (χ0n) is 9.63. The topological polar surface area (TPSA) is 78.4 Å². The quantitative estimate of drug-likeness (QED) is 0.770. The van der Waals surface area contributed by atoms with Crippen molar-refractivity contribution in [2.45, 2.75) is 0 Å². The Labute approximate surface area is 102 Å². The van der Waals surface area contributed by atoms with Crippen molar-refractivity contribution in [3.8, 4) is 0 Å². The zero-order valence-corrected chi connectivity index (χ0v) is 10.5. The van der Waals surface area contributed by atoms with Gasteiger partial charge in [-0.2, -0.15) is 0 Å². The van der Waals surface area contributed by atoms with E-state index in [9.17, 15) is 9.59 Å². The first-order chi connectivity index (χ1) is 8.11. The minimum atomic E-state index is -0.231. The van der Waals surface area contributed by atoms with Crippen LogP contribution in [0.1, 0.15) is 9.80 Å². The van der Waals surface area contributed by atoms with Crippen LogP contribution in [0.3, 0.4) is 0 Å². The summed E-state index contributed by atoms with van der Waals surface area (Å²) >= 11 is 1.19. The Morgan fingerprint density at radius 1 is 1.41 bits per heavy atom. The number of nitrogens with zero attached hydrogens (tertiary/aromatic N) is 4. The summed E-state index contributed by atoms with van der Waals surface area (Å²) in [6.45, 7) is 1.21. The molecular weight excluding hydrogens is 242 g/mol. The van der Waals surface area contributed by atoms with Gasteiger partial charge in [-0.05, 0) is 0 Å². The van der Waals surface area contributed by atoms with Crippen molar-refractivity contribution in [3.63, 3.8) is 0 Å². The van der Waals surface area contributed by atoms with Gasteiger partial charge in [-0.1, -0.05) is 11.3 Å². The number of piperazine rings is 1. The molecule has 17 heavy (non-hydrogen) atoms. The van der Waals surface area contributed by atoms with Crippen LogP contribution in [0.2, 0.25) is 0 Å². The molecule has 7 nitrogen and oxygen atoms in total. The van der Waals surface area contributed by atoms with Crippen LogP contribution < -0.4 is 5.32 Å². The Morgan fingerprint density at radius 3 is 2.76 bits per heavy atom. The summed E-state index contributed by atoms with van der Waals surface area (Å²) in [5, 5.41) is 11.3. The number of hydrogen-bond acceptors (Lipinski definition) is 6. The first-order valence-electron chi connectivity index (χ1n) is 5.16. The molecule has 0 radical (unpaired) electrons. The summed E-state index contributed by atoms with van der Waals surface area (Å²) in [5.41, 5.74) is 0. The standard InChI is InChI=1S/C9H13N5O2S/c1-10-9-12-11-7(17-9)8(16)14-4-3-13(2)6(15)5-14/h3-5H2,1-2H3,(H,10,12). The van der Waals surface area contributed by atoms with E-state index < -0.39 is 0 Å². The van der Waals surface area contributed by atoms with Gasteiger partial charge in [-0.3, -0.25) is 9.59 Å². The smallest absolute Gasteiger partial charge is 0.285 e. The molecule has 0 aromatic carbocycles. The molecule has 1 aromatic heterocycles. The fraction of sp³-hybridized carbons (Fsp3) is 0.556. The molecule has 0 spiro atoms. The molecule has 8 heteroatoms. The number of aromatic nitrogens is 2. The van der Waals surface area contributed by atoms with Gasteiger partial charge in [0.15, 0.2) is 0 Å². The van der Waals surface area contributed by atoms with Crippen LogP contribution >= 0.6 is 11.3 Å². The molecule has 0 bridgehead atoms. The molecule has 2 amide bonds. The van der Waals surface area contributed by atoms with Gasteiger partial charge >= 0.3 is 0 Å². The number of nitrogens with one attached hydrogen (secondary N) is 1. The SMILES string of the molecule is CNc1nnc(C(=O)N2CCN(C)C(=O)C2)s1. The van der Waals surface area contributed by atoms with Gasteiger partial charge in [0.05, 0.1) is 0 Å². The van der Waals surface area contributed by atoms with Crippen molar-refractivity contribution in [1.82, 2.24) is 20.0 Å². The van der Waals surface area contributed by atoms with Crippen molar-refractivity contribution in [3.05, 3.63) is 5.01 Å². The second-order valence-electron chi connectivity index (χ2n) is 3.70. The summed E-state index contributed by atoms with van der Waals surface area (Å²) in [5.74, 6) is -0.284. The molecule has 1 saturated heterocycles. The monoisotopic (exact) mass is 255 g/mol. The Balaban J connectivity index is 2.07. The van der Waals surface area contributed by atoms with Crippen molar-refractivity contribution in [1.29, 1.82) is 0 Å². The summed E-state index contributed by atoms with van der Waals surface area (Å²) in [4.78, 5) is 26.6. The van der Waals surface area contributed by atoms with E-state index in [4.69, 9.17) is 0 Å². The first kappa shape index (κ1) is 11.8. The summed E-state index contributed by atoms with van der Waals surface area (Å²) in [7, 11) is 3.45. The normalized spacial score (nSPS) is 16.2. The molecule has 0 unspecified atom stereocenters. The third kappa shape index (κ3) is 2.36. The largest absolute Gasteiger partial charge is 0.363 e. The van der Waals surface area contributed by atoms with Gasteiger partial charge in [0.1, 0.15) is 6.54 Å². The Morgan fingerprint density at radius 2 is 2.18 bits per heavy atom. The van der Waals surface area contributed by atoms with Crippen LogP contribution in [0.15, 0.2) is 0 Å². The molecule has 1 aromatic rings. The fourth-order valence-corrected chi connectivity index (χ4v) is 2.14. The second kappa shape index (κ2) is 4.66. The minimum Gasteiger partial charge on any atom is -0.363 e. The first-order valence-corrected chi connectivity index (χ1v) is 5.98.